The van der Waals surface area contributed by atoms with Gasteiger partial charge in [-0.2, -0.15) is 5.10 Å². The third kappa shape index (κ3) is 3.28. The molecule has 0 radical (unpaired) electrons. The van der Waals surface area contributed by atoms with Crippen molar-refractivity contribution in [1.29, 1.82) is 0 Å². The van der Waals surface area contributed by atoms with E-state index in [4.69, 9.17) is 5.11 Å². The number of Topliss-reactive ketones (excluding diaryl/α,β-unsaturated/α-hetero) is 2. The SMILES string of the molecule is CC(=O)c1nn(CC(=O)[C@@H]2C[C@H](F)CN2C(=O)O)c2ccc(Br)cc12. The van der Waals surface area contributed by atoms with Crippen molar-refractivity contribution < 1.29 is 23.9 Å². The van der Waals surface area contributed by atoms with Crippen molar-refractivity contribution in [3.05, 3.63) is 28.4 Å². The highest BCUT2D eigenvalue weighted by atomic mass is 79.9. The van der Waals surface area contributed by atoms with Gasteiger partial charge in [-0.3, -0.25) is 19.2 Å². The van der Waals surface area contributed by atoms with E-state index < -0.39 is 24.1 Å². The number of rotatable bonds is 4. The Morgan fingerprint density at radius 2 is 2.12 bits per heavy atom. The summed E-state index contributed by atoms with van der Waals surface area (Å²) in [6.07, 6.45) is -2.84. The number of fused-ring (bicyclic) bond motifs is 1. The second-order valence-corrected chi connectivity index (χ2v) is 6.89. The van der Waals surface area contributed by atoms with E-state index in [0.717, 1.165) is 9.37 Å². The lowest BCUT2D eigenvalue weighted by molar-refractivity contribution is -0.123. The Hall–Kier alpha value is -2.29. The lowest BCUT2D eigenvalue weighted by Gasteiger charge is -2.19. The van der Waals surface area contributed by atoms with E-state index in [-0.39, 0.29) is 31.0 Å². The third-order valence-electron chi connectivity index (χ3n) is 4.22. The van der Waals surface area contributed by atoms with Crippen LogP contribution in [0, 0.1) is 0 Å². The molecule has 0 saturated carbocycles. The zero-order chi connectivity index (χ0) is 18.3. The minimum absolute atomic E-state index is 0.157. The predicted octanol–water partition coefficient (Wildman–Crippen LogP) is 2.66. The number of aromatic nitrogens is 2. The summed E-state index contributed by atoms with van der Waals surface area (Å²) >= 11 is 3.33. The fourth-order valence-corrected chi connectivity index (χ4v) is 3.45. The van der Waals surface area contributed by atoms with Gasteiger partial charge in [-0.05, 0) is 18.2 Å². The molecule has 2 atom stereocenters. The van der Waals surface area contributed by atoms with Crippen molar-refractivity contribution in [2.24, 2.45) is 0 Å². The summed E-state index contributed by atoms with van der Waals surface area (Å²) in [5.41, 5.74) is 0.812. The Kier molecular flexibility index (Phi) is 4.59. The van der Waals surface area contributed by atoms with E-state index in [9.17, 15) is 18.8 Å². The minimum Gasteiger partial charge on any atom is -0.465 e. The molecule has 0 bridgehead atoms. The molecule has 1 fully saturated rings. The summed E-state index contributed by atoms with van der Waals surface area (Å²) < 4.78 is 15.7. The van der Waals surface area contributed by atoms with Gasteiger partial charge in [0.05, 0.1) is 18.1 Å². The largest absolute Gasteiger partial charge is 0.465 e. The van der Waals surface area contributed by atoms with Gasteiger partial charge in [0.25, 0.3) is 0 Å². The number of hydrogen-bond acceptors (Lipinski definition) is 4. The standard InChI is InChI=1S/C16H15BrFN3O4/c1-8(22)15-11-4-9(17)2-3-12(11)21(19-15)7-14(23)13-5-10(18)6-20(13)16(24)25/h2-4,10,13H,5-7H2,1H3,(H,24,25)/t10-,13-/m0/s1. The van der Waals surface area contributed by atoms with Crippen LogP contribution >= 0.6 is 15.9 Å². The minimum atomic E-state index is -1.36. The number of likely N-dealkylation sites (tertiary alicyclic amines) is 1. The fourth-order valence-electron chi connectivity index (χ4n) is 3.09. The number of halogens is 2. The second-order valence-electron chi connectivity index (χ2n) is 5.97. The molecule has 2 heterocycles. The first-order chi connectivity index (χ1) is 11.8. The monoisotopic (exact) mass is 411 g/mol. The maximum atomic E-state index is 13.6. The average molecular weight is 412 g/mol. The highest BCUT2D eigenvalue weighted by Gasteiger charge is 2.39. The van der Waals surface area contributed by atoms with Crippen LogP contribution in [0.2, 0.25) is 0 Å². The van der Waals surface area contributed by atoms with E-state index in [1.165, 1.54) is 11.6 Å². The van der Waals surface area contributed by atoms with Crippen molar-refractivity contribution in [2.75, 3.05) is 6.54 Å². The summed E-state index contributed by atoms with van der Waals surface area (Å²) in [5, 5.41) is 13.9. The molecular weight excluding hydrogens is 397 g/mol. The summed E-state index contributed by atoms with van der Waals surface area (Å²) in [6.45, 7) is 0.843. The lowest BCUT2D eigenvalue weighted by Crippen LogP contribution is -2.41. The quantitative estimate of drug-likeness (QED) is 0.780. The number of carbonyl (C=O) groups is 3. The molecule has 1 aromatic carbocycles. The molecular formula is C16H15BrFN3O4. The van der Waals surface area contributed by atoms with Crippen LogP contribution < -0.4 is 0 Å². The summed E-state index contributed by atoms with van der Waals surface area (Å²) in [7, 11) is 0. The number of ketones is 2. The lowest BCUT2D eigenvalue weighted by atomic mass is 10.1. The Morgan fingerprint density at radius 3 is 2.76 bits per heavy atom. The topological polar surface area (TPSA) is 92.5 Å². The molecule has 132 valence electrons. The van der Waals surface area contributed by atoms with Crippen LogP contribution in [-0.4, -0.2) is 56.2 Å². The zero-order valence-electron chi connectivity index (χ0n) is 13.3. The Bertz CT molecular complexity index is 882. The molecule has 7 nitrogen and oxygen atoms in total. The molecule has 0 spiro atoms. The maximum Gasteiger partial charge on any atom is 0.408 e. The summed E-state index contributed by atoms with van der Waals surface area (Å²) in [6, 6.07) is 4.17. The fraction of sp³-hybridized carbons (Fsp3) is 0.375. The first kappa shape index (κ1) is 17.5. The number of hydrogen-bond donors (Lipinski definition) is 1. The highest BCUT2D eigenvalue weighted by molar-refractivity contribution is 9.10. The molecule has 1 aliphatic heterocycles. The molecule has 1 amide bonds. The van der Waals surface area contributed by atoms with Crippen molar-refractivity contribution in [2.45, 2.75) is 32.1 Å². The van der Waals surface area contributed by atoms with Crippen LogP contribution in [0.5, 0.6) is 0 Å². The van der Waals surface area contributed by atoms with Crippen LogP contribution in [0.3, 0.4) is 0 Å². The number of carboxylic acid groups (broad SMARTS) is 1. The summed E-state index contributed by atoms with van der Waals surface area (Å²) in [4.78, 5) is 36.4. The molecule has 1 aliphatic rings. The third-order valence-corrected chi connectivity index (χ3v) is 4.71. The van der Waals surface area contributed by atoms with Gasteiger partial charge in [0.2, 0.25) is 0 Å². The van der Waals surface area contributed by atoms with Crippen LogP contribution in [0.1, 0.15) is 23.8 Å². The number of benzene rings is 1. The first-order valence-corrected chi connectivity index (χ1v) is 8.40. The number of nitrogens with zero attached hydrogens (tertiary/aromatic N) is 3. The van der Waals surface area contributed by atoms with Crippen LogP contribution in [0.4, 0.5) is 9.18 Å². The zero-order valence-corrected chi connectivity index (χ0v) is 14.9. The first-order valence-electron chi connectivity index (χ1n) is 7.61. The van der Waals surface area contributed by atoms with Gasteiger partial charge in [-0.1, -0.05) is 15.9 Å². The van der Waals surface area contributed by atoms with Crippen LogP contribution in [0.25, 0.3) is 10.9 Å². The number of amides is 1. The van der Waals surface area contributed by atoms with Gasteiger partial charge in [0.15, 0.2) is 11.6 Å². The van der Waals surface area contributed by atoms with Gasteiger partial charge >= 0.3 is 6.09 Å². The van der Waals surface area contributed by atoms with Crippen LogP contribution in [-0.2, 0) is 11.3 Å². The van der Waals surface area contributed by atoms with Crippen molar-refractivity contribution >= 4 is 44.5 Å². The molecule has 0 unspecified atom stereocenters. The van der Waals surface area contributed by atoms with E-state index in [1.54, 1.807) is 18.2 Å². The second kappa shape index (κ2) is 6.55. The summed E-state index contributed by atoms with van der Waals surface area (Å²) in [5.74, 6) is -0.698. The highest BCUT2D eigenvalue weighted by Crippen LogP contribution is 2.25. The Morgan fingerprint density at radius 1 is 1.40 bits per heavy atom. The number of alkyl halides is 1. The Labute approximate surface area is 150 Å². The van der Waals surface area contributed by atoms with Gasteiger partial charge in [0, 0.05) is 23.2 Å². The molecule has 1 aromatic heterocycles. The molecule has 25 heavy (non-hydrogen) atoms. The van der Waals surface area contributed by atoms with Crippen LogP contribution in [0.15, 0.2) is 22.7 Å². The average Bonchev–Trinajstić information content (AvgIpc) is 3.08. The van der Waals surface area contributed by atoms with E-state index in [0.29, 0.717) is 10.9 Å². The van der Waals surface area contributed by atoms with Gasteiger partial charge in [-0.15, -0.1) is 0 Å². The molecule has 2 aromatic rings. The van der Waals surface area contributed by atoms with Crippen molar-refractivity contribution in [3.8, 4) is 0 Å². The van der Waals surface area contributed by atoms with Crippen molar-refractivity contribution in [1.82, 2.24) is 14.7 Å². The Balaban J connectivity index is 1.94. The number of carbonyl (C=O) groups excluding carboxylic acids is 2. The smallest absolute Gasteiger partial charge is 0.408 e. The van der Waals surface area contributed by atoms with E-state index in [2.05, 4.69) is 21.0 Å². The molecule has 3 rings (SSSR count). The molecule has 9 heteroatoms. The normalized spacial score (nSPS) is 20.2. The van der Waals surface area contributed by atoms with Crippen molar-refractivity contribution in [3.63, 3.8) is 0 Å². The molecule has 1 saturated heterocycles. The van der Waals surface area contributed by atoms with Gasteiger partial charge in [-0.25, -0.2) is 9.18 Å². The van der Waals surface area contributed by atoms with Gasteiger partial charge in [0.1, 0.15) is 18.4 Å². The van der Waals surface area contributed by atoms with Gasteiger partial charge < -0.3 is 5.11 Å². The van der Waals surface area contributed by atoms with E-state index >= 15 is 0 Å². The molecule has 1 N–H and O–H groups in total. The molecule has 0 aliphatic carbocycles. The van der Waals surface area contributed by atoms with E-state index in [1.807, 2.05) is 0 Å². The predicted molar refractivity (Wildman–Crippen MR) is 90.5 cm³/mol. The maximum absolute atomic E-state index is 13.6.